The van der Waals surface area contributed by atoms with Gasteiger partial charge in [-0.15, -0.1) is 0 Å². The predicted octanol–water partition coefficient (Wildman–Crippen LogP) is 3.55. The Labute approximate surface area is 144 Å². The Morgan fingerprint density at radius 2 is 2.13 bits per heavy atom. The van der Waals surface area contributed by atoms with Gasteiger partial charge in [-0.2, -0.15) is 0 Å². The number of hydrogen-bond donors (Lipinski definition) is 1. The lowest BCUT2D eigenvalue weighted by Crippen LogP contribution is -2.46. The molecule has 4 nitrogen and oxygen atoms in total. The number of aryl methyl sites for hydroxylation is 1. The van der Waals surface area contributed by atoms with Crippen molar-refractivity contribution < 1.29 is 13.9 Å². The first-order valence-electron chi connectivity index (χ1n) is 7.98. The number of alkyl halides is 1. The molecule has 126 valence electrons. The molecule has 23 heavy (non-hydrogen) atoms. The normalized spacial score (nSPS) is 19.5. The highest BCUT2D eigenvalue weighted by molar-refractivity contribution is 9.10. The van der Waals surface area contributed by atoms with Crippen molar-refractivity contribution in [2.24, 2.45) is 5.41 Å². The molecule has 2 heterocycles. The molecule has 3 rings (SSSR count). The van der Waals surface area contributed by atoms with Crippen LogP contribution < -0.4 is 5.32 Å². The lowest BCUT2D eigenvalue weighted by atomic mass is 9.81. The van der Waals surface area contributed by atoms with Crippen LogP contribution in [0.2, 0.25) is 0 Å². The smallest absolute Gasteiger partial charge is 0.318 e. The number of nitrogens with zero attached hydrogens (tertiary/aromatic N) is 1. The number of rotatable bonds is 3. The molecule has 1 saturated heterocycles. The largest absolute Gasteiger partial charge is 0.381 e. The first-order valence-corrected chi connectivity index (χ1v) is 8.77. The molecule has 2 amide bonds. The molecular formula is C17H22BrFN2O2. The first-order chi connectivity index (χ1) is 11.0. The van der Waals surface area contributed by atoms with Crippen molar-refractivity contribution in [3.8, 4) is 0 Å². The van der Waals surface area contributed by atoms with E-state index in [1.807, 2.05) is 6.92 Å². The molecule has 0 atom stereocenters. The molecule has 0 bridgehead atoms. The van der Waals surface area contributed by atoms with Crippen LogP contribution in [-0.2, 0) is 17.8 Å². The second-order valence-electron chi connectivity index (χ2n) is 6.59. The van der Waals surface area contributed by atoms with Crippen molar-refractivity contribution >= 4 is 22.0 Å². The highest BCUT2D eigenvalue weighted by Gasteiger charge is 2.34. The van der Waals surface area contributed by atoms with Crippen molar-refractivity contribution in [1.82, 2.24) is 10.2 Å². The maximum atomic E-state index is 13.4. The summed E-state index contributed by atoms with van der Waals surface area (Å²) in [6, 6.07) is 4.01. The number of fused-ring (bicyclic) bond motifs is 1. The van der Waals surface area contributed by atoms with Crippen LogP contribution >= 0.6 is 15.9 Å². The van der Waals surface area contributed by atoms with Crippen LogP contribution in [0.3, 0.4) is 0 Å². The second kappa shape index (κ2) is 6.77. The van der Waals surface area contributed by atoms with Crippen LogP contribution in [0.5, 0.6) is 0 Å². The molecule has 1 N–H and O–H groups in total. The number of nitrogens with one attached hydrogen (secondary N) is 1. The van der Waals surface area contributed by atoms with Gasteiger partial charge >= 0.3 is 6.03 Å². The summed E-state index contributed by atoms with van der Waals surface area (Å²) in [5.74, 6) is 0. The zero-order chi connectivity index (χ0) is 16.4. The number of halogens is 2. The number of amides is 2. The van der Waals surface area contributed by atoms with Gasteiger partial charge in [0.2, 0.25) is 0 Å². The summed E-state index contributed by atoms with van der Waals surface area (Å²) in [5, 5.41) is 2.93. The summed E-state index contributed by atoms with van der Waals surface area (Å²) >= 11 is 3.61. The summed E-state index contributed by atoms with van der Waals surface area (Å²) in [6.07, 6.45) is 1.32. The summed E-state index contributed by atoms with van der Waals surface area (Å²) in [4.78, 5) is 14.2. The lowest BCUT2D eigenvalue weighted by Gasteiger charge is -2.35. The van der Waals surface area contributed by atoms with Crippen molar-refractivity contribution in [2.75, 3.05) is 26.4 Å². The number of urea groups is 1. The Balaban J connectivity index is 1.61. The summed E-state index contributed by atoms with van der Waals surface area (Å²) in [5.41, 5.74) is 3.05. The van der Waals surface area contributed by atoms with Gasteiger partial charge in [0, 0.05) is 42.7 Å². The Bertz CT molecular complexity index is 603. The molecule has 0 aromatic heterocycles. The molecule has 1 aromatic carbocycles. The minimum absolute atomic E-state index is 0.120. The van der Waals surface area contributed by atoms with Crippen molar-refractivity contribution in [1.29, 1.82) is 0 Å². The molecule has 0 saturated carbocycles. The van der Waals surface area contributed by atoms with Crippen LogP contribution in [-0.4, -0.2) is 37.4 Å². The van der Waals surface area contributed by atoms with Crippen LogP contribution in [0, 0.1) is 12.3 Å². The average Bonchev–Trinajstić information content (AvgIpc) is 3.02. The Kier molecular flexibility index (Phi) is 4.92. The van der Waals surface area contributed by atoms with Crippen LogP contribution in [0.25, 0.3) is 0 Å². The fourth-order valence-electron chi connectivity index (χ4n) is 3.23. The molecule has 0 radical (unpaired) electrons. The van der Waals surface area contributed by atoms with Gasteiger partial charge in [0.25, 0.3) is 0 Å². The predicted molar refractivity (Wildman–Crippen MR) is 90.0 cm³/mol. The fourth-order valence-corrected chi connectivity index (χ4v) is 3.74. The zero-order valence-electron chi connectivity index (χ0n) is 13.3. The Hall–Kier alpha value is -1.14. The number of carbonyl (C=O) groups excluding carboxylic acids is 1. The maximum Gasteiger partial charge on any atom is 0.318 e. The van der Waals surface area contributed by atoms with Gasteiger partial charge < -0.3 is 15.0 Å². The van der Waals surface area contributed by atoms with E-state index < -0.39 is 12.1 Å². The van der Waals surface area contributed by atoms with E-state index in [-0.39, 0.29) is 6.03 Å². The van der Waals surface area contributed by atoms with E-state index in [0.29, 0.717) is 45.7 Å². The molecule has 2 aliphatic rings. The van der Waals surface area contributed by atoms with Gasteiger partial charge in [-0.3, -0.25) is 4.39 Å². The van der Waals surface area contributed by atoms with Gasteiger partial charge in [0.1, 0.15) is 0 Å². The number of carbonyl (C=O) groups is 1. The molecule has 0 unspecified atom stereocenters. The van der Waals surface area contributed by atoms with Gasteiger partial charge in [-0.25, -0.2) is 4.79 Å². The zero-order valence-corrected chi connectivity index (χ0v) is 14.9. The van der Waals surface area contributed by atoms with E-state index in [4.69, 9.17) is 4.74 Å². The SMILES string of the molecule is Cc1ccc2c(c1Br)CN(C(=O)NCC1(CF)CCOCC1)C2. The van der Waals surface area contributed by atoms with Gasteiger partial charge in [-0.05, 0) is 36.5 Å². The molecule has 1 aromatic rings. The highest BCUT2D eigenvalue weighted by Crippen LogP contribution is 2.33. The van der Waals surface area contributed by atoms with Gasteiger partial charge in [0.15, 0.2) is 0 Å². The second-order valence-corrected chi connectivity index (χ2v) is 7.39. The molecule has 0 aliphatic carbocycles. The van der Waals surface area contributed by atoms with Crippen molar-refractivity contribution in [3.05, 3.63) is 33.3 Å². The average molecular weight is 385 g/mol. The van der Waals surface area contributed by atoms with Crippen LogP contribution in [0.1, 0.15) is 29.5 Å². The van der Waals surface area contributed by atoms with Crippen LogP contribution in [0.15, 0.2) is 16.6 Å². The number of ether oxygens (including phenoxy) is 1. The number of hydrogen-bond acceptors (Lipinski definition) is 2. The van der Waals surface area contributed by atoms with E-state index >= 15 is 0 Å². The lowest BCUT2D eigenvalue weighted by molar-refractivity contribution is 0.00307. The maximum absolute atomic E-state index is 13.4. The summed E-state index contributed by atoms with van der Waals surface area (Å²) < 4.78 is 19.8. The quantitative estimate of drug-likeness (QED) is 0.865. The molecule has 6 heteroatoms. The standard InChI is InChI=1S/C17H22BrFN2O2/c1-12-2-3-13-8-21(9-14(13)15(12)18)16(22)20-11-17(10-19)4-6-23-7-5-17/h2-3H,4-11H2,1H3,(H,20,22). The van der Waals surface area contributed by atoms with E-state index in [1.165, 1.54) is 16.7 Å². The molecule has 0 spiro atoms. The third-order valence-electron chi connectivity index (χ3n) is 4.98. The van der Waals surface area contributed by atoms with Gasteiger partial charge in [-0.1, -0.05) is 28.1 Å². The van der Waals surface area contributed by atoms with Crippen LogP contribution in [0.4, 0.5) is 9.18 Å². The minimum atomic E-state index is -0.461. The third-order valence-corrected chi connectivity index (χ3v) is 6.09. The minimum Gasteiger partial charge on any atom is -0.381 e. The van der Waals surface area contributed by atoms with E-state index in [1.54, 1.807) is 4.90 Å². The molecular weight excluding hydrogens is 363 g/mol. The Morgan fingerprint density at radius 3 is 2.83 bits per heavy atom. The highest BCUT2D eigenvalue weighted by atomic mass is 79.9. The molecule has 1 fully saturated rings. The molecule has 2 aliphatic heterocycles. The van der Waals surface area contributed by atoms with Crippen molar-refractivity contribution in [3.63, 3.8) is 0 Å². The topological polar surface area (TPSA) is 41.6 Å². The first kappa shape index (κ1) is 16.7. The van der Waals surface area contributed by atoms with E-state index in [0.717, 1.165) is 4.47 Å². The fraction of sp³-hybridized carbons (Fsp3) is 0.588. The van der Waals surface area contributed by atoms with E-state index in [2.05, 4.69) is 33.4 Å². The Morgan fingerprint density at radius 1 is 1.39 bits per heavy atom. The van der Waals surface area contributed by atoms with Crippen molar-refractivity contribution in [2.45, 2.75) is 32.9 Å². The summed E-state index contributed by atoms with van der Waals surface area (Å²) in [6.45, 7) is 4.34. The monoisotopic (exact) mass is 384 g/mol. The number of benzene rings is 1. The summed E-state index contributed by atoms with van der Waals surface area (Å²) in [7, 11) is 0. The van der Waals surface area contributed by atoms with Gasteiger partial charge in [0.05, 0.1) is 6.67 Å². The third kappa shape index (κ3) is 3.38. The van der Waals surface area contributed by atoms with E-state index in [9.17, 15) is 9.18 Å².